The summed E-state index contributed by atoms with van der Waals surface area (Å²) < 4.78 is 0.993. The van der Waals surface area contributed by atoms with Gasteiger partial charge in [-0.1, -0.05) is 22.9 Å². The number of aromatic nitrogens is 2. The number of halogens is 1. The summed E-state index contributed by atoms with van der Waals surface area (Å²) in [7, 11) is 0. The van der Waals surface area contributed by atoms with Gasteiger partial charge in [0.1, 0.15) is 5.82 Å². The molecule has 0 radical (unpaired) electrons. The van der Waals surface area contributed by atoms with E-state index >= 15 is 0 Å². The number of thiazole rings is 1. The van der Waals surface area contributed by atoms with Crippen LogP contribution >= 0.6 is 22.9 Å². The molecule has 0 unspecified atom stereocenters. The first-order chi connectivity index (χ1) is 12.1. The van der Waals surface area contributed by atoms with Crippen molar-refractivity contribution in [3.8, 4) is 0 Å². The first-order valence-corrected chi connectivity index (χ1v) is 9.11. The fourth-order valence-corrected chi connectivity index (χ4v) is 3.78. The van der Waals surface area contributed by atoms with Crippen LogP contribution in [0.1, 0.15) is 10.4 Å². The van der Waals surface area contributed by atoms with Crippen molar-refractivity contribution in [3.05, 3.63) is 47.1 Å². The molecule has 3 heterocycles. The monoisotopic (exact) mass is 373 g/mol. The Bertz CT molecular complexity index is 918. The lowest BCUT2D eigenvalue weighted by Crippen LogP contribution is -2.49. The average Bonchev–Trinajstić information content (AvgIpc) is 3.01. The van der Waals surface area contributed by atoms with E-state index in [9.17, 15) is 4.79 Å². The summed E-state index contributed by atoms with van der Waals surface area (Å²) in [6, 6.07) is 9.30. The normalized spacial score (nSPS) is 14.9. The van der Waals surface area contributed by atoms with E-state index in [4.69, 9.17) is 17.3 Å². The van der Waals surface area contributed by atoms with Crippen LogP contribution in [-0.4, -0.2) is 47.0 Å². The van der Waals surface area contributed by atoms with Crippen molar-refractivity contribution in [3.63, 3.8) is 0 Å². The Balaban J connectivity index is 1.45. The van der Waals surface area contributed by atoms with Crippen molar-refractivity contribution in [2.75, 3.05) is 36.8 Å². The molecule has 0 saturated carbocycles. The molecular weight excluding hydrogens is 358 g/mol. The number of fused-ring (bicyclic) bond motifs is 1. The predicted octanol–water partition coefficient (Wildman–Crippen LogP) is 2.89. The minimum atomic E-state index is 0.0252. The van der Waals surface area contributed by atoms with Crippen molar-refractivity contribution in [2.24, 2.45) is 0 Å². The maximum atomic E-state index is 12.8. The van der Waals surface area contributed by atoms with E-state index in [0.717, 1.165) is 29.1 Å². The lowest BCUT2D eigenvalue weighted by molar-refractivity contribution is 0.0746. The minimum Gasteiger partial charge on any atom is -0.375 e. The molecule has 3 aromatic rings. The number of hydrogen-bond acceptors (Lipinski definition) is 6. The number of piperazine rings is 1. The lowest BCUT2D eigenvalue weighted by Gasteiger charge is -2.35. The smallest absolute Gasteiger partial charge is 0.254 e. The Hall–Kier alpha value is -2.38. The Morgan fingerprint density at radius 3 is 2.68 bits per heavy atom. The van der Waals surface area contributed by atoms with Crippen molar-refractivity contribution in [1.29, 1.82) is 0 Å². The van der Waals surface area contributed by atoms with E-state index in [2.05, 4.69) is 14.9 Å². The summed E-state index contributed by atoms with van der Waals surface area (Å²) in [5, 5.41) is 1.14. The molecule has 1 aliphatic heterocycles. The van der Waals surface area contributed by atoms with Crippen molar-refractivity contribution in [2.45, 2.75) is 0 Å². The second kappa shape index (κ2) is 6.50. The SMILES string of the molecule is Nc1nc2cc(C(=O)N3CCN(c4ccc(Cl)cn4)CC3)ccc2s1. The maximum Gasteiger partial charge on any atom is 0.254 e. The number of nitrogens with zero attached hydrogens (tertiary/aromatic N) is 4. The van der Waals surface area contributed by atoms with Gasteiger partial charge in [0, 0.05) is 37.9 Å². The summed E-state index contributed by atoms with van der Waals surface area (Å²) in [6.45, 7) is 2.79. The fraction of sp³-hybridized carbons (Fsp3) is 0.235. The van der Waals surface area contributed by atoms with Crippen LogP contribution in [0.15, 0.2) is 36.5 Å². The number of pyridine rings is 1. The van der Waals surface area contributed by atoms with Crippen molar-refractivity contribution < 1.29 is 4.79 Å². The van der Waals surface area contributed by atoms with Crippen LogP contribution in [0.25, 0.3) is 10.2 Å². The van der Waals surface area contributed by atoms with Gasteiger partial charge in [-0.05, 0) is 30.3 Å². The van der Waals surface area contributed by atoms with Gasteiger partial charge < -0.3 is 15.5 Å². The van der Waals surface area contributed by atoms with Gasteiger partial charge in [-0.3, -0.25) is 4.79 Å². The van der Waals surface area contributed by atoms with Crippen molar-refractivity contribution >= 4 is 50.0 Å². The molecule has 25 heavy (non-hydrogen) atoms. The topological polar surface area (TPSA) is 75.3 Å². The largest absolute Gasteiger partial charge is 0.375 e. The third-order valence-corrected chi connectivity index (χ3v) is 5.34. The van der Waals surface area contributed by atoms with Crippen LogP contribution in [0.5, 0.6) is 0 Å². The number of benzene rings is 1. The second-order valence-electron chi connectivity index (χ2n) is 5.85. The van der Waals surface area contributed by atoms with Gasteiger partial charge >= 0.3 is 0 Å². The average molecular weight is 374 g/mol. The number of anilines is 2. The summed E-state index contributed by atoms with van der Waals surface area (Å²) in [6.07, 6.45) is 1.64. The van der Waals surface area contributed by atoms with Crippen LogP contribution in [0, 0.1) is 0 Å². The summed E-state index contributed by atoms with van der Waals surface area (Å²) in [5.74, 6) is 0.910. The first kappa shape index (κ1) is 16.1. The fourth-order valence-electron chi connectivity index (χ4n) is 2.95. The highest BCUT2D eigenvalue weighted by Crippen LogP contribution is 2.25. The molecule has 128 valence electrons. The number of amides is 1. The summed E-state index contributed by atoms with van der Waals surface area (Å²) in [4.78, 5) is 25.4. The van der Waals surface area contributed by atoms with Gasteiger partial charge in [-0.2, -0.15) is 0 Å². The Kier molecular flexibility index (Phi) is 4.19. The molecule has 1 aliphatic rings. The third-order valence-electron chi connectivity index (χ3n) is 4.25. The van der Waals surface area contributed by atoms with Gasteiger partial charge in [0.2, 0.25) is 0 Å². The predicted molar refractivity (Wildman–Crippen MR) is 101 cm³/mol. The number of rotatable bonds is 2. The molecule has 1 aromatic carbocycles. The molecule has 0 spiro atoms. The van der Waals surface area contributed by atoms with E-state index in [1.54, 1.807) is 6.20 Å². The number of nitrogen functional groups attached to an aromatic ring is 1. The molecule has 4 rings (SSSR count). The third kappa shape index (κ3) is 3.25. The molecule has 8 heteroatoms. The molecule has 0 aliphatic carbocycles. The molecular formula is C17H16ClN5OS. The Morgan fingerprint density at radius 1 is 1.16 bits per heavy atom. The quantitative estimate of drug-likeness (QED) is 0.747. The van der Waals surface area contributed by atoms with Gasteiger partial charge in [0.15, 0.2) is 5.13 Å². The second-order valence-corrected chi connectivity index (χ2v) is 7.35. The summed E-state index contributed by atoms with van der Waals surface area (Å²) >= 11 is 7.31. The molecule has 0 bridgehead atoms. The van der Waals surface area contributed by atoms with E-state index in [1.807, 2.05) is 35.2 Å². The van der Waals surface area contributed by atoms with Gasteiger partial charge in [0.05, 0.1) is 15.2 Å². The number of nitrogens with two attached hydrogens (primary N) is 1. The highest BCUT2D eigenvalue weighted by Gasteiger charge is 2.23. The van der Waals surface area contributed by atoms with Gasteiger partial charge in [-0.15, -0.1) is 0 Å². The zero-order valence-corrected chi connectivity index (χ0v) is 14.9. The molecule has 0 atom stereocenters. The number of hydrogen-bond donors (Lipinski definition) is 1. The maximum absolute atomic E-state index is 12.8. The lowest BCUT2D eigenvalue weighted by atomic mass is 10.1. The molecule has 1 saturated heterocycles. The number of carbonyl (C=O) groups excluding carboxylic acids is 1. The highest BCUT2D eigenvalue weighted by molar-refractivity contribution is 7.22. The van der Waals surface area contributed by atoms with Crippen LogP contribution in [0.2, 0.25) is 5.02 Å². The molecule has 6 nitrogen and oxygen atoms in total. The zero-order chi connectivity index (χ0) is 17.4. The molecule has 2 aromatic heterocycles. The molecule has 2 N–H and O–H groups in total. The Morgan fingerprint density at radius 2 is 1.96 bits per heavy atom. The van der Waals surface area contributed by atoms with E-state index in [1.165, 1.54) is 11.3 Å². The standard InChI is InChI=1S/C17H16ClN5OS/c18-12-2-4-15(20-10-12)22-5-7-23(8-6-22)16(24)11-1-3-14-13(9-11)21-17(19)25-14/h1-4,9-10H,5-8H2,(H2,19,21). The molecule has 1 amide bonds. The van der Waals surface area contributed by atoms with E-state index < -0.39 is 0 Å². The van der Waals surface area contributed by atoms with Crippen LogP contribution in [0.3, 0.4) is 0 Å². The van der Waals surface area contributed by atoms with Crippen LogP contribution in [0.4, 0.5) is 10.9 Å². The first-order valence-electron chi connectivity index (χ1n) is 7.92. The zero-order valence-electron chi connectivity index (χ0n) is 13.4. The van der Waals surface area contributed by atoms with Gasteiger partial charge in [-0.25, -0.2) is 9.97 Å². The van der Waals surface area contributed by atoms with Crippen LogP contribution < -0.4 is 10.6 Å². The minimum absolute atomic E-state index is 0.0252. The van der Waals surface area contributed by atoms with Gasteiger partial charge in [0.25, 0.3) is 5.91 Å². The Labute approximate surface area is 153 Å². The molecule has 1 fully saturated rings. The number of carbonyl (C=O) groups is 1. The van der Waals surface area contributed by atoms with Crippen LogP contribution in [-0.2, 0) is 0 Å². The summed E-state index contributed by atoms with van der Waals surface area (Å²) in [5.41, 5.74) is 7.16. The van der Waals surface area contributed by atoms with E-state index in [-0.39, 0.29) is 5.91 Å². The van der Waals surface area contributed by atoms with E-state index in [0.29, 0.717) is 28.8 Å². The highest BCUT2D eigenvalue weighted by atomic mass is 35.5. The van der Waals surface area contributed by atoms with Crippen molar-refractivity contribution in [1.82, 2.24) is 14.9 Å².